The summed E-state index contributed by atoms with van der Waals surface area (Å²) in [5.74, 6) is 2.17. The van der Waals surface area contributed by atoms with Gasteiger partial charge in [0.25, 0.3) is 0 Å². The molecule has 0 aliphatic carbocycles. The van der Waals surface area contributed by atoms with Gasteiger partial charge in [0, 0.05) is 11.1 Å². The van der Waals surface area contributed by atoms with Gasteiger partial charge in [-0.15, -0.1) is 6.42 Å². The molecule has 0 saturated carbocycles. The molecule has 2 aromatic carbocycles. The fraction of sp³-hybridized carbons (Fsp3) is 0.375. The molecule has 0 amide bonds. The first kappa shape index (κ1) is 19.0. The predicted octanol–water partition coefficient (Wildman–Crippen LogP) is 4.10. The Morgan fingerprint density at radius 3 is 2.52 bits per heavy atom. The summed E-state index contributed by atoms with van der Waals surface area (Å²) >= 11 is 0. The highest BCUT2D eigenvalue weighted by molar-refractivity contribution is 5.91. The largest absolute Gasteiger partial charge is 0.545 e. The second-order valence-electron chi connectivity index (χ2n) is 8.43. The van der Waals surface area contributed by atoms with E-state index in [2.05, 4.69) is 45.7 Å². The number of ether oxygens (including phenoxy) is 1. The van der Waals surface area contributed by atoms with Crippen molar-refractivity contribution in [1.82, 2.24) is 0 Å². The minimum absolute atomic E-state index is 0.0198. The maximum absolute atomic E-state index is 11.4. The first-order chi connectivity index (χ1) is 12.6. The molecule has 27 heavy (non-hydrogen) atoms. The second-order valence-corrected chi connectivity index (χ2v) is 8.43. The van der Waals surface area contributed by atoms with Crippen molar-refractivity contribution < 1.29 is 14.6 Å². The number of rotatable bonds is 3. The van der Waals surface area contributed by atoms with Gasteiger partial charge in [0.2, 0.25) is 0 Å². The molecule has 0 N–H and O–H groups in total. The molecule has 1 heterocycles. The Labute approximate surface area is 161 Å². The Morgan fingerprint density at radius 1 is 1.22 bits per heavy atom. The van der Waals surface area contributed by atoms with Crippen molar-refractivity contribution >= 4 is 5.97 Å². The number of carbonyl (C=O) groups is 1. The molecule has 140 valence electrons. The van der Waals surface area contributed by atoms with Crippen LogP contribution in [-0.4, -0.2) is 11.6 Å². The number of carbonyl (C=O) groups excluding carboxylic acids is 1. The molecule has 3 nitrogen and oxygen atoms in total. The van der Waals surface area contributed by atoms with E-state index in [-0.39, 0.29) is 16.6 Å². The SMILES string of the molecule is C#Cc1c(C(=O)[O-])ccc(-c2ccc3c(c2)OC(C)(C)CC3(C)C)c1CC. The summed E-state index contributed by atoms with van der Waals surface area (Å²) in [6.45, 7) is 10.6. The van der Waals surface area contributed by atoms with Gasteiger partial charge in [-0.05, 0) is 60.4 Å². The number of benzene rings is 2. The zero-order valence-corrected chi connectivity index (χ0v) is 16.6. The lowest BCUT2D eigenvalue weighted by Gasteiger charge is -2.42. The maximum Gasteiger partial charge on any atom is 0.124 e. The van der Waals surface area contributed by atoms with Crippen LogP contribution in [0.15, 0.2) is 30.3 Å². The summed E-state index contributed by atoms with van der Waals surface area (Å²) in [4.78, 5) is 11.4. The van der Waals surface area contributed by atoms with Gasteiger partial charge in [-0.3, -0.25) is 0 Å². The molecule has 0 bridgehead atoms. The van der Waals surface area contributed by atoms with Crippen molar-refractivity contribution in [2.45, 2.75) is 58.5 Å². The zero-order valence-electron chi connectivity index (χ0n) is 16.6. The second kappa shape index (κ2) is 6.46. The van der Waals surface area contributed by atoms with Crippen molar-refractivity contribution in [3.63, 3.8) is 0 Å². The maximum atomic E-state index is 11.4. The number of carboxylic acid groups (broad SMARTS) is 1. The number of terminal acetylenes is 1. The van der Waals surface area contributed by atoms with Crippen molar-refractivity contribution in [3.8, 4) is 29.2 Å². The number of hydrogen-bond acceptors (Lipinski definition) is 3. The molecular weight excluding hydrogens is 336 g/mol. The lowest BCUT2D eigenvalue weighted by molar-refractivity contribution is -0.255. The quantitative estimate of drug-likeness (QED) is 0.774. The van der Waals surface area contributed by atoms with Crippen LogP contribution in [0.3, 0.4) is 0 Å². The van der Waals surface area contributed by atoms with E-state index in [1.54, 1.807) is 0 Å². The minimum Gasteiger partial charge on any atom is -0.545 e. The highest BCUT2D eigenvalue weighted by atomic mass is 16.5. The molecule has 2 aromatic rings. The molecule has 3 heteroatoms. The van der Waals surface area contributed by atoms with Crippen molar-refractivity contribution in [3.05, 3.63) is 52.6 Å². The number of fused-ring (bicyclic) bond motifs is 1. The Bertz CT molecular complexity index is 958. The van der Waals surface area contributed by atoms with Crippen molar-refractivity contribution in [1.29, 1.82) is 0 Å². The normalized spacial score (nSPS) is 16.7. The van der Waals surface area contributed by atoms with Crippen LogP contribution in [0.1, 0.15) is 68.1 Å². The van der Waals surface area contributed by atoms with Gasteiger partial charge in [-0.2, -0.15) is 0 Å². The van der Waals surface area contributed by atoms with Gasteiger partial charge in [-0.1, -0.05) is 51.0 Å². The van der Waals surface area contributed by atoms with Gasteiger partial charge >= 0.3 is 0 Å². The van der Waals surface area contributed by atoms with Crippen LogP contribution >= 0.6 is 0 Å². The van der Waals surface area contributed by atoms with Crippen LogP contribution in [0.2, 0.25) is 0 Å². The van der Waals surface area contributed by atoms with E-state index in [9.17, 15) is 9.90 Å². The van der Waals surface area contributed by atoms with Gasteiger partial charge in [-0.25, -0.2) is 0 Å². The fourth-order valence-corrected chi connectivity index (χ4v) is 4.45. The summed E-state index contributed by atoms with van der Waals surface area (Å²) in [5, 5.41) is 11.4. The molecule has 0 atom stereocenters. The van der Waals surface area contributed by atoms with E-state index < -0.39 is 5.97 Å². The molecule has 0 unspecified atom stereocenters. The molecule has 0 saturated heterocycles. The first-order valence-corrected chi connectivity index (χ1v) is 9.27. The molecule has 3 rings (SSSR count). The topological polar surface area (TPSA) is 49.4 Å². The Balaban J connectivity index is 2.20. The van der Waals surface area contributed by atoms with Gasteiger partial charge < -0.3 is 14.6 Å². The van der Waals surface area contributed by atoms with Crippen molar-refractivity contribution in [2.24, 2.45) is 0 Å². The first-order valence-electron chi connectivity index (χ1n) is 9.27. The third-order valence-electron chi connectivity index (χ3n) is 5.31. The van der Waals surface area contributed by atoms with Crippen LogP contribution in [-0.2, 0) is 11.8 Å². The third-order valence-corrected chi connectivity index (χ3v) is 5.31. The van der Waals surface area contributed by atoms with Crippen LogP contribution in [0.4, 0.5) is 0 Å². The predicted molar refractivity (Wildman–Crippen MR) is 106 cm³/mol. The molecule has 0 spiro atoms. The summed E-state index contributed by atoms with van der Waals surface area (Å²) in [6, 6.07) is 9.57. The standard InChI is InChI=1S/C24H26O3/c1-7-16-17(8-2)19(22(25)26)11-10-18(16)15-9-12-20-21(13-15)27-24(5,6)14-23(20,3)4/h2,9-13H,7,14H2,1,3-6H3,(H,25,26)/p-1. The number of carboxylic acids is 1. The summed E-state index contributed by atoms with van der Waals surface area (Å²) < 4.78 is 6.26. The Morgan fingerprint density at radius 2 is 1.93 bits per heavy atom. The van der Waals surface area contributed by atoms with Crippen LogP contribution < -0.4 is 9.84 Å². The van der Waals surface area contributed by atoms with Gasteiger partial charge in [0.15, 0.2) is 0 Å². The Kier molecular flexibility index (Phi) is 4.56. The average molecular weight is 361 g/mol. The van der Waals surface area contributed by atoms with E-state index in [1.807, 2.05) is 19.1 Å². The minimum atomic E-state index is -1.25. The van der Waals surface area contributed by atoms with Crippen molar-refractivity contribution in [2.75, 3.05) is 0 Å². The van der Waals surface area contributed by atoms with E-state index in [4.69, 9.17) is 11.2 Å². The van der Waals surface area contributed by atoms with E-state index in [1.165, 1.54) is 11.6 Å². The molecule has 0 aromatic heterocycles. The number of aromatic carboxylic acids is 1. The monoisotopic (exact) mass is 361 g/mol. The molecule has 0 fully saturated rings. The summed E-state index contributed by atoms with van der Waals surface area (Å²) in [5.41, 5.74) is 4.17. The van der Waals surface area contributed by atoms with E-state index in [0.29, 0.717) is 12.0 Å². The zero-order chi connectivity index (χ0) is 20.0. The molecule has 0 radical (unpaired) electrons. The summed E-state index contributed by atoms with van der Waals surface area (Å²) in [7, 11) is 0. The summed E-state index contributed by atoms with van der Waals surface area (Å²) in [6.07, 6.45) is 7.20. The molecular formula is C24H25O3-. The fourth-order valence-electron chi connectivity index (χ4n) is 4.45. The average Bonchev–Trinajstić information content (AvgIpc) is 2.57. The van der Waals surface area contributed by atoms with Crippen LogP contribution in [0, 0.1) is 12.3 Å². The molecule has 1 aliphatic heterocycles. The van der Waals surface area contributed by atoms with Crippen LogP contribution in [0.25, 0.3) is 11.1 Å². The lowest BCUT2D eigenvalue weighted by atomic mass is 9.73. The Hall–Kier alpha value is -2.73. The van der Waals surface area contributed by atoms with Gasteiger partial charge in [0.1, 0.15) is 11.4 Å². The highest BCUT2D eigenvalue weighted by Crippen LogP contribution is 2.46. The third kappa shape index (κ3) is 3.32. The van der Waals surface area contributed by atoms with Gasteiger partial charge in [0.05, 0.1) is 5.97 Å². The van der Waals surface area contributed by atoms with Crippen LogP contribution in [0.5, 0.6) is 5.75 Å². The van der Waals surface area contributed by atoms with E-state index >= 15 is 0 Å². The number of hydrogen-bond donors (Lipinski definition) is 0. The highest BCUT2D eigenvalue weighted by Gasteiger charge is 2.38. The smallest absolute Gasteiger partial charge is 0.124 e. The molecule has 1 aliphatic rings. The lowest BCUT2D eigenvalue weighted by Crippen LogP contribution is -2.41. The van der Waals surface area contributed by atoms with E-state index in [0.717, 1.165) is 28.9 Å².